The predicted molar refractivity (Wildman–Crippen MR) is 81.9 cm³/mol. The third kappa shape index (κ3) is 4.42. The lowest BCUT2D eigenvalue weighted by Crippen LogP contribution is -2.48. The molecule has 0 saturated carbocycles. The Morgan fingerprint density at radius 2 is 1.65 bits per heavy atom. The molecular weight excluding hydrogens is 252 g/mol. The van der Waals surface area contributed by atoms with Gasteiger partial charge in [0.15, 0.2) is 6.29 Å². The van der Waals surface area contributed by atoms with Gasteiger partial charge in [0.25, 0.3) is 0 Å². The topological polar surface area (TPSA) is 33.7 Å². The number of nitrogens with zero attached hydrogens (tertiary/aromatic N) is 1. The zero-order valence-electron chi connectivity index (χ0n) is 13.4. The van der Waals surface area contributed by atoms with Crippen LogP contribution in [0, 0.1) is 0 Å². The highest BCUT2D eigenvalue weighted by Gasteiger charge is 2.35. The molecule has 2 aliphatic rings. The van der Waals surface area contributed by atoms with E-state index in [1.165, 1.54) is 25.7 Å². The van der Waals surface area contributed by atoms with E-state index in [4.69, 9.17) is 9.47 Å². The molecule has 2 bridgehead atoms. The second kappa shape index (κ2) is 8.32. The first kappa shape index (κ1) is 16.2. The molecule has 118 valence electrons. The van der Waals surface area contributed by atoms with Crippen LogP contribution in [0.3, 0.4) is 0 Å². The molecule has 2 unspecified atom stereocenters. The minimum atomic E-state index is -0.0301. The summed E-state index contributed by atoms with van der Waals surface area (Å²) in [6.45, 7) is 10.0. The summed E-state index contributed by atoms with van der Waals surface area (Å²) in [4.78, 5) is 2.64. The van der Waals surface area contributed by atoms with Crippen LogP contribution in [0.25, 0.3) is 0 Å². The molecule has 2 rings (SSSR count). The van der Waals surface area contributed by atoms with E-state index in [1.54, 1.807) is 0 Å². The first-order valence-corrected chi connectivity index (χ1v) is 8.50. The van der Waals surface area contributed by atoms with Gasteiger partial charge in [0.1, 0.15) is 0 Å². The molecule has 0 amide bonds. The van der Waals surface area contributed by atoms with E-state index in [0.29, 0.717) is 0 Å². The van der Waals surface area contributed by atoms with Gasteiger partial charge in [-0.25, -0.2) is 0 Å². The molecule has 0 spiro atoms. The Hall–Kier alpha value is -0.160. The third-order valence-electron chi connectivity index (χ3n) is 4.73. The van der Waals surface area contributed by atoms with Gasteiger partial charge in [-0.05, 0) is 46.1 Å². The van der Waals surface area contributed by atoms with Crippen molar-refractivity contribution in [2.24, 2.45) is 0 Å². The first-order chi connectivity index (χ1) is 9.76. The van der Waals surface area contributed by atoms with E-state index in [1.807, 2.05) is 13.8 Å². The van der Waals surface area contributed by atoms with Crippen molar-refractivity contribution in [2.75, 3.05) is 26.3 Å². The van der Waals surface area contributed by atoms with Crippen molar-refractivity contribution in [3.8, 4) is 0 Å². The normalized spacial score (nSPS) is 29.6. The van der Waals surface area contributed by atoms with Crippen LogP contribution in [0.2, 0.25) is 0 Å². The maximum atomic E-state index is 5.66. The Morgan fingerprint density at radius 1 is 1.05 bits per heavy atom. The van der Waals surface area contributed by atoms with Gasteiger partial charge in [-0.1, -0.05) is 6.92 Å². The number of fused-ring (bicyclic) bond motifs is 2. The summed E-state index contributed by atoms with van der Waals surface area (Å²) >= 11 is 0. The summed E-state index contributed by atoms with van der Waals surface area (Å²) in [7, 11) is 0. The fourth-order valence-electron chi connectivity index (χ4n) is 3.78. The van der Waals surface area contributed by atoms with Gasteiger partial charge in [0, 0.05) is 44.3 Å². The number of hydrogen-bond donors (Lipinski definition) is 1. The van der Waals surface area contributed by atoms with Crippen molar-refractivity contribution in [3.05, 3.63) is 0 Å². The predicted octanol–water partition coefficient (Wildman–Crippen LogP) is 2.38. The molecule has 0 aromatic heterocycles. The molecule has 0 radical (unpaired) electrons. The third-order valence-corrected chi connectivity index (χ3v) is 4.73. The highest BCUT2D eigenvalue weighted by Crippen LogP contribution is 2.29. The second-order valence-corrected chi connectivity index (χ2v) is 6.02. The standard InChI is InChI=1S/C16H32N2O2/c1-4-18(10-9-16(19-5-2)20-6-3)15-11-13-7-8-14(12-15)17-13/h13-17H,4-12H2,1-3H3. The van der Waals surface area contributed by atoms with Crippen LogP contribution in [0.5, 0.6) is 0 Å². The van der Waals surface area contributed by atoms with Crippen LogP contribution >= 0.6 is 0 Å². The van der Waals surface area contributed by atoms with Crippen molar-refractivity contribution < 1.29 is 9.47 Å². The van der Waals surface area contributed by atoms with E-state index in [0.717, 1.165) is 50.8 Å². The summed E-state index contributed by atoms with van der Waals surface area (Å²) in [5, 5.41) is 3.73. The molecule has 2 atom stereocenters. The monoisotopic (exact) mass is 284 g/mol. The van der Waals surface area contributed by atoms with Crippen molar-refractivity contribution >= 4 is 0 Å². The molecule has 2 heterocycles. The zero-order chi connectivity index (χ0) is 14.4. The van der Waals surface area contributed by atoms with Crippen LogP contribution in [0.4, 0.5) is 0 Å². The Bertz CT molecular complexity index is 257. The summed E-state index contributed by atoms with van der Waals surface area (Å²) in [5.41, 5.74) is 0. The summed E-state index contributed by atoms with van der Waals surface area (Å²) < 4.78 is 11.3. The van der Waals surface area contributed by atoms with Crippen molar-refractivity contribution in [1.29, 1.82) is 0 Å². The molecule has 4 nitrogen and oxygen atoms in total. The highest BCUT2D eigenvalue weighted by molar-refractivity contribution is 4.95. The second-order valence-electron chi connectivity index (χ2n) is 6.02. The van der Waals surface area contributed by atoms with Crippen molar-refractivity contribution in [1.82, 2.24) is 10.2 Å². The van der Waals surface area contributed by atoms with E-state index in [-0.39, 0.29) is 6.29 Å². The SMILES string of the molecule is CCOC(CCN(CC)C1CC2CCC(C1)N2)OCC. The summed E-state index contributed by atoms with van der Waals surface area (Å²) in [6.07, 6.45) is 6.33. The maximum absolute atomic E-state index is 5.66. The lowest BCUT2D eigenvalue weighted by Gasteiger charge is -2.37. The van der Waals surface area contributed by atoms with E-state index < -0.39 is 0 Å². The van der Waals surface area contributed by atoms with Gasteiger partial charge in [-0.3, -0.25) is 0 Å². The van der Waals surface area contributed by atoms with Crippen molar-refractivity contribution in [2.45, 2.75) is 77.3 Å². The van der Waals surface area contributed by atoms with Gasteiger partial charge in [-0.15, -0.1) is 0 Å². The molecule has 20 heavy (non-hydrogen) atoms. The number of hydrogen-bond acceptors (Lipinski definition) is 4. The van der Waals surface area contributed by atoms with Crippen molar-refractivity contribution in [3.63, 3.8) is 0 Å². The molecule has 0 aromatic rings. The van der Waals surface area contributed by atoms with E-state index in [9.17, 15) is 0 Å². The summed E-state index contributed by atoms with van der Waals surface area (Å²) in [5.74, 6) is 0. The number of rotatable bonds is 9. The van der Waals surface area contributed by atoms with Gasteiger partial charge in [0.2, 0.25) is 0 Å². The smallest absolute Gasteiger partial charge is 0.158 e. The largest absolute Gasteiger partial charge is 0.353 e. The Balaban J connectivity index is 1.79. The van der Waals surface area contributed by atoms with Gasteiger partial charge in [0.05, 0.1) is 0 Å². The van der Waals surface area contributed by atoms with Crippen LogP contribution < -0.4 is 5.32 Å². The zero-order valence-corrected chi connectivity index (χ0v) is 13.4. The summed E-state index contributed by atoms with van der Waals surface area (Å²) in [6, 6.07) is 2.28. The highest BCUT2D eigenvalue weighted by atomic mass is 16.7. The van der Waals surface area contributed by atoms with Gasteiger partial charge in [-0.2, -0.15) is 0 Å². The van der Waals surface area contributed by atoms with E-state index >= 15 is 0 Å². The molecule has 0 aliphatic carbocycles. The first-order valence-electron chi connectivity index (χ1n) is 8.50. The van der Waals surface area contributed by atoms with Crippen LogP contribution in [0.1, 0.15) is 52.9 Å². The molecule has 0 aromatic carbocycles. The Morgan fingerprint density at radius 3 is 2.15 bits per heavy atom. The minimum Gasteiger partial charge on any atom is -0.353 e. The minimum absolute atomic E-state index is 0.0301. The molecule has 2 fully saturated rings. The molecular formula is C16H32N2O2. The molecule has 4 heteroatoms. The van der Waals surface area contributed by atoms with Crippen LogP contribution in [-0.2, 0) is 9.47 Å². The van der Waals surface area contributed by atoms with Crippen LogP contribution in [-0.4, -0.2) is 55.6 Å². The lowest BCUT2D eigenvalue weighted by atomic mass is 9.98. The van der Waals surface area contributed by atoms with Crippen LogP contribution in [0.15, 0.2) is 0 Å². The Kier molecular flexibility index (Phi) is 6.75. The lowest BCUT2D eigenvalue weighted by molar-refractivity contribution is -0.142. The fraction of sp³-hybridized carbons (Fsp3) is 1.00. The molecule has 2 saturated heterocycles. The average molecular weight is 284 g/mol. The fourth-order valence-corrected chi connectivity index (χ4v) is 3.78. The average Bonchev–Trinajstić information content (AvgIpc) is 2.79. The quantitative estimate of drug-likeness (QED) is 0.659. The number of ether oxygens (including phenoxy) is 2. The molecule has 1 N–H and O–H groups in total. The maximum Gasteiger partial charge on any atom is 0.158 e. The molecule has 2 aliphatic heterocycles. The number of piperidine rings is 1. The van der Waals surface area contributed by atoms with Gasteiger partial charge < -0.3 is 19.7 Å². The Labute approximate surface area is 124 Å². The number of nitrogens with one attached hydrogen (secondary N) is 1. The van der Waals surface area contributed by atoms with E-state index in [2.05, 4.69) is 17.1 Å². The van der Waals surface area contributed by atoms with Gasteiger partial charge >= 0.3 is 0 Å².